The first-order valence-corrected chi connectivity index (χ1v) is 6.18. The average molecular weight is 300 g/mol. The van der Waals surface area contributed by atoms with E-state index in [2.05, 4.69) is 5.32 Å². The van der Waals surface area contributed by atoms with Crippen molar-refractivity contribution in [1.29, 1.82) is 0 Å². The topological polar surface area (TPSA) is 84.7 Å². The number of nitrogens with two attached hydrogens (primary N) is 1. The molecule has 0 spiro atoms. The second-order valence-corrected chi connectivity index (χ2v) is 4.31. The number of hydrogen-bond acceptors (Lipinski definition) is 4. The molecule has 1 saturated heterocycles. The molecule has 0 bridgehead atoms. The zero-order valence-corrected chi connectivity index (χ0v) is 11.8. The smallest absolute Gasteiger partial charge is 0.260 e. The van der Waals surface area contributed by atoms with Gasteiger partial charge in [0, 0.05) is 31.7 Å². The minimum Gasteiger partial charge on any atom is -0.484 e. The lowest BCUT2D eigenvalue weighted by Crippen LogP contribution is -2.47. The second kappa shape index (κ2) is 7.72. The normalized spacial score (nSPS) is 14.3. The zero-order chi connectivity index (χ0) is 13.7. The van der Waals surface area contributed by atoms with E-state index in [0.29, 0.717) is 24.4 Å². The summed E-state index contributed by atoms with van der Waals surface area (Å²) in [5.74, 6) is 0.0393. The van der Waals surface area contributed by atoms with Crippen LogP contribution >= 0.6 is 12.4 Å². The molecule has 20 heavy (non-hydrogen) atoms. The highest BCUT2D eigenvalue weighted by Crippen LogP contribution is 2.12. The number of nitrogens with one attached hydrogen (secondary N) is 1. The predicted octanol–water partition coefficient (Wildman–Crippen LogP) is 0.0179. The lowest BCUT2D eigenvalue weighted by atomic mass is 10.2. The van der Waals surface area contributed by atoms with Crippen LogP contribution in [0, 0.1) is 0 Å². The third-order valence-corrected chi connectivity index (χ3v) is 2.97. The first-order valence-electron chi connectivity index (χ1n) is 6.18. The van der Waals surface area contributed by atoms with Crippen LogP contribution in [0.15, 0.2) is 24.3 Å². The molecule has 0 saturated carbocycles. The Kier molecular flexibility index (Phi) is 6.27. The molecule has 2 rings (SSSR count). The third-order valence-electron chi connectivity index (χ3n) is 2.97. The van der Waals surface area contributed by atoms with Crippen LogP contribution in [-0.2, 0) is 4.79 Å². The van der Waals surface area contributed by atoms with Gasteiger partial charge in [0.05, 0.1) is 0 Å². The van der Waals surface area contributed by atoms with Gasteiger partial charge in [0.15, 0.2) is 6.61 Å². The van der Waals surface area contributed by atoms with Crippen molar-refractivity contribution in [2.24, 2.45) is 5.73 Å². The zero-order valence-electron chi connectivity index (χ0n) is 11.0. The molecule has 3 N–H and O–H groups in total. The van der Waals surface area contributed by atoms with Crippen LogP contribution < -0.4 is 15.8 Å². The lowest BCUT2D eigenvalue weighted by Gasteiger charge is -2.27. The second-order valence-electron chi connectivity index (χ2n) is 4.31. The van der Waals surface area contributed by atoms with E-state index in [1.54, 1.807) is 29.2 Å². The van der Waals surface area contributed by atoms with Crippen molar-refractivity contribution < 1.29 is 14.3 Å². The molecule has 1 aromatic carbocycles. The van der Waals surface area contributed by atoms with Crippen molar-refractivity contribution in [2.75, 3.05) is 32.8 Å². The quantitative estimate of drug-likeness (QED) is 0.821. The van der Waals surface area contributed by atoms with Crippen LogP contribution in [0.3, 0.4) is 0 Å². The van der Waals surface area contributed by atoms with Crippen LogP contribution in [0.5, 0.6) is 5.75 Å². The lowest BCUT2D eigenvalue weighted by molar-refractivity contribution is -0.133. The standard InChI is InChI=1S/C13H17N3O3.ClH/c14-13(18)10-1-3-11(4-2-10)19-9-12(17)16-7-5-15-6-8-16;/h1-4,15H,5-9H2,(H2,14,18);1H. The Balaban J connectivity index is 0.00000200. The first kappa shape index (κ1) is 16.3. The summed E-state index contributed by atoms with van der Waals surface area (Å²) in [6.07, 6.45) is 0. The summed E-state index contributed by atoms with van der Waals surface area (Å²) in [6, 6.07) is 6.41. The largest absolute Gasteiger partial charge is 0.484 e. The van der Waals surface area contributed by atoms with E-state index in [0.717, 1.165) is 13.1 Å². The number of halogens is 1. The first-order chi connectivity index (χ1) is 9.16. The summed E-state index contributed by atoms with van der Waals surface area (Å²) in [7, 11) is 0. The van der Waals surface area contributed by atoms with Gasteiger partial charge in [-0.2, -0.15) is 0 Å². The summed E-state index contributed by atoms with van der Waals surface area (Å²) < 4.78 is 5.39. The Morgan fingerprint density at radius 3 is 2.35 bits per heavy atom. The molecule has 1 aliphatic heterocycles. The molecule has 0 aliphatic carbocycles. The fourth-order valence-electron chi connectivity index (χ4n) is 1.87. The van der Waals surface area contributed by atoms with Gasteiger partial charge in [-0.05, 0) is 24.3 Å². The summed E-state index contributed by atoms with van der Waals surface area (Å²) in [5, 5.41) is 3.18. The van der Waals surface area contributed by atoms with E-state index in [1.165, 1.54) is 0 Å². The number of primary amides is 1. The molecule has 7 heteroatoms. The maximum absolute atomic E-state index is 11.8. The van der Waals surface area contributed by atoms with Gasteiger partial charge >= 0.3 is 0 Å². The van der Waals surface area contributed by atoms with E-state index in [1.807, 2.05) is 0 Å². The van der Waals surface area contributed by atoms with Crippen LogP contribution in [-0.4, -0.2) is 49.5 Å². The maximum Gasteiger partial charge on any atom is 0.260 e. The number of ether oxygens (including phenoxy) is 1. The Morgan fingerprint density at radius 1 is 1.20 bits per heavy atom. The van der Waals surface area contributed by atoms with E-state index < -0.39 is 5.91 Å². The van der Waals surface area contributed by atoms with E-state index in [4.69, 9.17) is 10.5 Å². The highest BCUT2D eigenvalue weighted by Gasteiger charge is 2.16. The monoisotopic (exact) mass is 299 g/mol. The molecule has 0 unspecified atom stereocenters. The van der Waals surface area contributed by atoms with Gasteiger partial charge in [0.25, 0.3) is 5.91 Å². The SMILES string of the molecule is Cl.NC(=O)c1ccc(OCC(=O)N2CCNCC2)cc1. The minimum absolute atomic E-state index is 0. The van der Waals surface area contributed by atoms with Crippen LogP contribution in [0.2, 0.25) is 0 Å². The Bertz CT molecular complexity index is 458. The molecular weight excluding hydrogens is 282 g/mol. The van der Waals surface area contributed by atoms with Crippen molar-refractivity contribution in [1.82, 2.24) is 10.2 Å². The van der Waals surface area contributed by atoms with Gasteiger partial charge in [0.1, 0.15) is 5.75 Å². The number of nitrogens with zero attached hydrogens (tertiary/aromatic N) is 1. The van der Waals surface area contributed by atoms with E-state index >= 15 is 0 Å². The molecule has 2 amide bonds. The van der Waals surface area contributed by atoms with Gasteiger partial charge in [-0.15, -0.1) is 12.4 Å². The summed E-state index contributed by atoms with van der Waals surface area (Å²) in [6.45, 7) is 3.07. The minimum atomic E-state index is -0.483. The van der Waals surface area contributed by atoms with Crippen LogP contribution in [0.4, 0.5) is 0 Å². The van der Waals surface area contributed by atoms with Gasteiger partial charge in [-0.3, -0.25) is 9.59 Å². The van der Waals surface area contributed by atoms with Crippen LogP contribution in [0.25, 0.3) is 0 Å². The fraction of sp³-hybridized carbons (Fsp3) is 0.385. The predicted molar refractivity (Wildman–Crippen MR) is 77.2 cm³/mol. The highest BCUT2D eigenvalue weighted by molar-refractivity contribution is 5.92. The van der Waals surface area contributed by atoms with Gasteiger partial charge in [-0.25, -0.2) is 0 Å². The van der Waals surface area contributed by atoms with Gasteiger partial charge in [-0.1, -0.05) is 0 Å². The number of benzene rings is 1. The van der Waals surface area contributed by atoms with Crippen molar-refractivity contribution in [2.45, 2.75) is 0 Å². The molecule has 1 aromatic rings. The summed E-state index contributed by atoms with van der Waals surface area (Å²) in [4.78, 5) is 24.5. The van der Waals surface area contributed by atoms with Crippen molar-refractivity contribution >= 4 is 24.2 Å². The fourth-order valence-corrected chi connectivity index (χ4v) is 1.87. The van der Waals surface area contributed by atoms with Crippen molar-refractivity contribution in [3.63, 3.8) is 0 Å². The molecule has 110 valence electrons. The average Bonchev–Trinajstić information content (AvgIpc) is 2.46. The Morgan fingerprint density at radius 2 is 1.80 bits per heavy atom. The van der Waals surface area contributed by atoms with Crippen molar-refractivity contribution in [3.05, 3.63) is 29.8 Å². The number of hydrogen-bond donors (Lipinski definition) is 2. The number of carbonyl (C=O) groups excluding carboxylic acids is 2. The van der Waals surface area contributed by atoms with Crippen molar-refractivity contribution in [3.8, 4) is 5.75 Å². The highest BCUT2D eigenvalue weighted by atomic mass is 35.5. The van der Waals surface area contributed by atoms with E-state index in [-0.39, 0.29) is 24.9 Å². The molecule has 1 fully saturated rings. The van der Waals surface area contributed by atoms with Crippen LogP contribution in [0.1, 0.15) is 10.4 Å². The van der Waals surface area contributed by atoms with Gasteiger partial charge in [0.2, 0.25) is 5.91 Å². The number of amides is 2. The molecule has 0 radical (unpaired) electrons. The summed E-state index contributed by atoms with van der Waals surface area (Å²) in [5.41, 5.74) is 5.55. The summed E-state index contributed by atoms with van der Waals surface area (Å²) >= 11 is 0. The molecular formula is C13H18ClN3O3. The molecule has 0 aromatic heterocycles. The van der Waals surface area contributed by atoms with E-state index in [9.17, 15) is 9.59 Å². The number of carbonyl (C=O) groups is 2. The Hall–Kier alpha value is -1.79. The third kappa shape index (κ3) is 4.40. The molecule has 1 heterocycles. The molecule has 1 aliphatic rings. The van der Waals surface area contributed by atoms with Gasteiger partial charge < -0.3 is 20.7 Å². The number of piperazine rings is 1. The molecule has 6 nitrogen and oxygen atoms in total. The Labute approximate surface area is 123 Å². The number of rotatable bonds is 4. The maximum atomic E-state index is 11.8. The molecule has 0 atom stereocenters.